The highest BCUT2D eigenvalue weighted by Crippen LogP contribution is 2.29. The van der Waals surface area contributed by atoms with Gasteiger partial charge in [0, 0.05) is 29.2 Å². The van der Waals surface area contributed by atoms with Crippen molar-refractivity contribution in [1.82, 2.24) is 9.55 Å². The predicted octanol–water partition coefficient (Wildman–Crippen LogP) is 2.55. The SMILES string of the molecule is Cc1cc(C(=O)COC(=O)c2ccc(Cl)nc2)c(C)n1[C@@H]1CCS(=O)(=O)C1. The molecule has 0 radical (unpaired) electrons. The zero-order valence-corrected chi connectivity index (χ0v) is 16.5. The van der Waals surface area contributed by atoms with Gasteiger partial charge >= 0.3 is 5.97 Å². The van der Waals surface area contributed by atoms with Crippen molar-refractivity contribution in [1.29, 1.82) is 0 Å². The van der Waals surface area contributed by atoms with Gasteiger partial charge in [-0.3, -0.25) is 4.79 Å². The second-order valence-electron chi connectivity index (χ2n) is 6.58. The zero-order valence-electron chi connectivity index (χ0n) is 14.9. The van der Waals surface area contributed by atoms with Crippen molar-refractivity contribution in [2.75, 3.05) is 18.1 Å². The number of rotatable bonds is 5. The van der Waals surface area contributed by atoms with Crippen molar-refractivity contribution in [2.45, 2.75) is 26.3 Å². The Hall–Kier alpha value is -2.19. The number of aromatic nitrogens is 2. The Morgan fingerprint density at radius 3 is 2.67 bits per heavy atom. The summed E-state index contributed by atoms with van der Waals surface area (Å²) < 4.78 is 30.5. The summed E-state index contributed by atoms with van der Waals surface area (Å²) in [5.74, 6) is -0.769. The van der Waals surface area contributed by atoms with Crippen LogP contribution in [0.25, 0.3) is 0 Å². The fraction of sp³-hybridized carbons (Fsp3) is 0.389. The third-order valence-electron chi connectivity index (χ3n) is 4.66. The van der Waals surface area contributed by atoms with Gasteiger partial charge in [0.25, 0.3) is 0 Å². The van der Waals surface area contributed by atoms with Gasteiger partial charge in [-0.05, 0) is 38.5 Å². The molecule has 0 amide bonds. The highest BCUT2D eigenvalue weighted by atomic mass is 35.5. The Balaban J connectivity index is 1.71. The Bertz CT molecular complexity index is 996. The number of halogens is 1. The lowest BCUT2D eigenvalue weighted by molar-refractivity contribution is 0.0474. The van der Waals surface area contributed by atoms with E-state index >= 15 is 0 Å². The third kappa shape index (κ3) is 4.22. The standard InChI is InChI=1S/C18H19ClN2O5S/c1-11-7-15(12(2)21(11)14-5-6-27(24,25)10-14)16(22)9-26-18(23)13-3-4-17(19)20-8-13/h3-4,7-8,14H,5-6,9-10H2,1-2H3/t14-/m1/s1. The van der Waals surface area contributed by atoms with Crippen LogP contribution in [0, 0.1) is 13.8 Å². The summed E-state index contributed by atoms with van der Waals surface area (Å²) in [7, 11) is -3.03. The number of aryl methyl sites for hydroxylation is 1. The van der Waals surface area contributed by atoms with Crippen LogP contribution in [0.1, 0.15) is 44.6 Å². The Morgan fingerprint density at radius 2 is 2.07 bits per heavy atom. The van der Waals surface area contributed by atoms with E-state index in [0.717, 1.165) is 5.69 Å². The third-order valence-corrected chi connectivity index (χ3v) is 6.63. The number of sulfone groups is 1. The van der Waals surface area contributed by atoms with E-state index in [1.165, 1.54) is 18.3 Å². The van der Waals surface area contributed by atoms with Crippen molar-refractivity contribution >= 4 is 33.2 Å². The molecule has 0 aliphatic carbocycles. The molecular formula is C18H19ClN2O5S. The first-order valence-electron chi connectivity index (χ1n) is 8.38. The first-order chi connectivity index (χ1) is 12.7. The first kappa shape index (κ1) is 19.6. The van der Waals surface area contributed by atoms with Crippen LogP contribution in [0.3, 0.4) is 0 Å². The molecule has 3 heterocycles. The predicted molar refractivity (Wildman–Crippen MR) is 100 cm³/mol. The lowest BCUT2D eigenvalue weighted by Gasteiger charge is -2.16. The summed E-state index contributed by atoms with van der Waals surface area (Å²) in [6.07, 6.45) is 1.81. The minimum atomic E-state index is -3.03. The van der Waals surface area contributed by atoms with Crippen LogP contribution in [-0.4, -0.2) is 47.8 Å². The number of carbonyl (C=O) groups is 2. The number of carbonyl (C=O) groups excluding carboxylic acids is 2. The van der Waals surface area contributed by atoms with Gasteiger partial charge in [-0.15, -0.1) is 0 Å². The molecule has 0 unspecified atom stereocenters. The lowest BCUT2D eigenvalue weighted by atomic mass is 10.1. The van der Waals surface area contributed by atoms with E-state index in [2.05, 4.69) is 4.98 Å². The second-order valence-corrected chi connectivity index (χ2v) is 9.20. The molecular weight excluding hydrogens is 392 g/mol. The largest absolute Gasteiger partial charge is 0.454 e. The molecule has 144 valence electrons. The average Bonchev–Trinajstić information content (AvgIpc) is 3.11. The summed E-state index contributed by atoms with van der Waals surface area (Å²) in [5.41, 5.74) is 2.13. The molecule has 1 fully saturated rings. The molecule has 1 saturated heterocycles. The summed E-state index contributed by atoms with van der Waals surface area (Å²) in [6.45, 7) is 3.20. The summed E-state index contributed by atoms with van der Waals surface area (Å²) in [6, 6.07) is 4.47. The van der Waals surface area contributed by atoms with Crippen LogP contribution in [0.5, 0.6) is 0 Å². The summed E-state index contributed by atoms with van der Waals surface area (Å²) in [5, 5.41) is 0.254. The average molecular weight is 411 g/mol. The van der Waals surface area contributed by atoms with Gasteiger partial charge in [0.2, 0.25) is 5.78 Å². The number of ether oxygens (including phenoxy) is 1. The topological polar surface area (TPSA) is 95.3 Å². The Kier molecular flexibility index (Phi) is 5.39. The van der Waals surface area contributed by atoms with Gasteiger partial charge < -0.3 is 9.30 Å². The van der Waals surface area contributed by atoms with Gasteiger partial charge in [0.05, 0.1) is 17.1 Å². The van der Waals surface area contributed by atoms with Gasteiger partial charge in [-0.1, -0.05) is 11.6 Å². The zero-order chi connectivity index (χ0) is 19.8. The highest BCUT2D eigenvalue weighted by Gasteiger charge is 2.31. The molecule has 2 aromatic heterocycles. The molecule has 27 heavy (non-hydrogen) atoms. The van der Waals surface area contributed by atoms with Crippen LogP contribution in [0.4, 0.5) is 0 Å². The fourth-order valence-electron chi connectivity index (χ4n) is 3.39. The second kappa shape index (κ2) is 7.44. The molecule has 1 aliphatic heterocycles. The van der Waals surface area contributed by atoms with Crippen molar-refractivity contribution in [3.8, 4) is 0 Å². The van der Waals surface area contributed by atoms with Crippen LogP contribution in [0.15, 0.2) is 24.4 Å². The minimum absolute atomic E-state index is 0.0789. The van der Waals surface area contributed by atoms with E-state index in [0.29, 0.717) is 17.7 Å². The fourth-order valence-corrected chi connectivity index (χ4v) is 5.20. The van der Waals surface area contributed by atoms with E-state index < -0.39 is 22.4 Å². The molecule has 0 N–H and O–H groups in total. The molecule has 0 spiro atoms. The molecule has 0 saturated carbocycles. The van der Waals surface area contributed by atoms with E-state index in [4.69, 9.17) is 16.3 Å². The summed E-state index contributed by atoms with van der Waals surface area (Å²) in [4.78, 5) is 28.3. The van der Waals surface area contributed by atoms with Crippen LogP contribution >= 0.6 is 11.6 Å². The van der Waals surface area contributed by atoms with Gasteiger partial charge in [0.1, 0.15) is 5.15 Å². The van der Waals surface area contributed by atoms with Gasteiger partial charge in [-0.25, -0.2) is 18.2 Å². The van der Waals surface area contributed by atoms with Crippen LogP contribution in [-0.2, 0) is 14.6 Å². The maximum Gasteiger partial charge on any atom is 0.340 e. The highest BCUT2D eigenvalue weighted by molar-refractivity contribution is 7.91. The van der Waals surface area contributed by atoms with E-state index in [-0.39, 0.29) is 34.0 Å². The van der Waals surface area contributed by atoms with Crippen molar-refractivity contribution < 1.29 is 22.7 Å². The number of nitrogens with zero attached hydrogens (tertiary/aromatic N) is 2. The van der Waals surface area contributed by atoms with Crippen LogP contribution in [0.2, 0.25) is 5.15 Å². The quantitative estimate of drug-likeness (QED) is 0.427. The molecule has 0 aromatic carbocycles. The monoisotopic (exact) mass is 410 g/mol. The molecule has 1 aliphatic rings. The molecule has 7 nitrogen and oxygen atoms in total. The molecule has 9 heteroatoms. The van der Waals surface area contributed by atoms with Crippen molar-refractivity contribution in [3.63, 3.8) is 0 Å². The van der Waals surface area contributed by atoms with E-state index in [1.807, 2.05) is 11.5 Å². The number of Topliss-reactive ketones (excluding diaryl/α,β-unsaturated/α-hetero) is 1. The number of hydrogen-bond acceptors (Lipinski definition) is 6. The molecule has 0 bridgehead atoms. The van der Waals surface area contributed by atoms with Gasteiger partial charge in [-0.2, -0.15) is 0 Å². The maximum absolute atomic E-state index is 12.5. The van der Waals surface area contributed by atoms with Gasteiger partial charge in [0.15, 0.2) is 16.4 Å². The molecule has 2 aromatic rings. The lowest BCUT2D eigenvalue weighted by Crippen LogP contribution is -2.17. The summed E-state index contributed by atoms with van der Waals surface area (Å²) >= 11 is 5.67. The van der Waals surface area contributed by atoms with Crippen molar-refractivity contribution in [2.24, 2.45) is 0 Å². The van der Waals surface area contributed by atoms with Crippen LogP contribution < -0.4 is 0 Å². The number of hydrogen-bond donors (Lipinski definition) is 0. The molecule has 1 atom stereocenters. The number of esters is 1. The van der Waals surface area contributed by atoms with E-state index in [1.54, 1.807) is 13.0 Å². The smallest absolute Gasteiger partial charge is 0.340 e. The molecule has 3 rings (SSSR count). The normalized spacial score (nSPS) is 18.4. The first-order valence-corrected chi connectivity index (χ1v) is 10.6. The number of pyridine rings is 1. The number of ketones is 1. The van der Waals surface area contributed by atoms with E-state index in [9.17, 15) is 18.0 Å². The minimum Gasteiger partial charge on any atom is -0.454 e. The van der Waals surface area contributed by atoms with Crippen molar-refractivity contribution in [3.05, 3.63) is 52.1 Å². The Morgan fingerprint density at radius 1 is 1.33 bits per heavy atom. The Labute approximate surface area is 162 Å². The maximum atomic E-state index is 12.5.